The topological polar surface area (TPSA) is 35.5 Å². The summed E-state index contributed by atoms with van der Waals surface area (Å²) >= 11 is 0. The Morgan fingerprint density at radius 3 is 2.50 bits per heavy atom. The maximum absolute atomic E-state index is 11.9. The summed E-state index contributed by atoms with van der Waals surface area (Å²) in [5, 5.41) is 0. The number of hydrogen-bond donors (Lipinski definition) is 0. The van der Waals surface area contributed by atoms with Crippen LogP contribution in [0.15, 0.2) is 48.5 Å². The highest BCUT2D eigenvalue weighted by Crippen LogP contribution is 2.12. The Kier molecular flexibility index (Phi) is 5.24. The number of esters is 1. The zero-order valence-corrected chi connectivity index (χ0v) is 12.1. The summed E-state index contributed by atoms with van der Waals surface area (Å²) in [4.78, 5) is 11.9. The van der Waals surface area contributed by atoms with Gasteiger partial charge in [-0.1, -0.05) is 29.9 Å². The summed E-state index contributed by atoms with van der Waals surface area (Å²) in [6.45, 7) is -0.0565. The Morgan fingerprint density at radius 2 is 1.82 bits per heavy atom. The molecule has 2 aromatic rings. The summed E-state index contributed by atoms with van der Waals surface area (Å²) in [5.41, 5.74) is 1.83. The fourth-order valence-corrected chi connectivity index (χ4v) is 1.77. The van der Waals surface area contributed by atoms with Crippen molar-refractivity contribution in [2.45, 2.75) is 0 Å². The van der Waals surface area contributed by atoms with Crippen LogP contribution in [0.4, 0.5) is 0 Å². The molecule has 0 unspecified atom stereocenters. The Morgan fingerprint density at radius 1 is 1.09 bits per heavy atom. The molecule has 0 saturated carbocycles. The second-order valence-corrected chi connectivity index (χ2v) is 4.30. The molecule has 22 heavy (non-hydrogen) atoms. The van der Waals surface area contributed by atoms with Crippen molar-refractivity contribution in [3.63, 3.8) is 0 Å². The van der Waals surface area contributed by atoms with Crippen LogP contribution in [0, 0.1) is 24.2 Å². The van der Waals surface area contributed by atoms with Crippen LogP contribution in [0.3, 0.4) is 0 Å². The monoisotopic (exact) mass is 290 g/mol. The molecular weight excluding hydrogens is 276 g/mol. The first kappa shape index (κ1) is 15.2. The van der Waals surface area contributed by atoms with Crippen LogP contribution >= 0.6 is 0 Å². The fraction of sp³-hybridized carbons (Fsp3) is 0.105. The summed E-state index contributed by atoms with van der Waals surface area (Å²) < 4.78 is 10.0. The molecule has 108 valence electrons. The van der Waals surface area contributed by atoms with Gasteiger partial charge in [0.05, 0.1) is 12.7 Å². The lowest BCUT2D eigenvalue weighted by Crippen LogP contribution is -2.07. The molecular formula is C19H14O3. The van der Waals surface area contributed by atoms with E-state index in [9.17, 15) is 4.79 Å². The molecule has 0 saturated heterocycles. The Hall–Kier alpha value is -3.17. The second-order valence-electron chi connectivity index (χ2n) is 4.30. The minimum atomic E-state index is -0.474. The minimum absolute atomic E-state index is 0.0565. The molecule has 0 heterocycles. The molecule has 0 amide bonds. The molecule has 0 aliphatic heterocycles. The molecule has 3 nitrogen and oxygen atoms in total. The van der Waals surface area contributed by atoms with Gasteiger partial charge >= 0.3 is 5.97 Å². The van der Waals surface area contributed by atoms with Gasteiger partial charge in [0.15, 0.2) is 6.61 Å². The van der Waals surface area contributed by atoms with Crippen molar-refractivity contribution in [1.82, 2.24) is 0 Å². The van der Waals surface area contributed by atoms with E-state index in [0.717, 1.165) is 11.3 Å². The van der Waals surface area contributed by atoms with Crippen LogP contribution in [-0.4, -0.2) is 19.7 Å². The van der Waals surface area contributed by atoms with Crippen LogP contribution in [0.25, 0.3) is 0 Å². The molecule has 0 fully saturated rings. The number of terminal acetylenes is 1. The third kappa shape index (κ3) is 3.91. The Labute approximate surface area is 129 Å². The van der Waals surface area contributed by atoms with Crippen molar-refractivity contribution < 1.29 is 14.3 Å². The van der Waals surface area contributed by atoms with Gasteiger partial charge in [-0.3, -0.25) is 0 Å². The zero-order valence-electron chi connectivity index (χ0n) is 12.1. The number of hydrogen-bond acceptors (Lipinski definition) is 3. The Balaban J connectivity index is 2.25. The number of methoxy groups -OCH3 is 1. The first-order valence-electron chi connectivity index (χ1n) is 6.60. The van der Waals surface area contributed by atoms with Crippen molar-refractivity contribution in [1.29, 1.82) is 0 Å². The second kappa shape index (κ2) is 7.57. The first-order valence-corrected chi connectivity index (χ1v) is 6.60. The van der Waals surface area contributed by atoms with Gasteiger partial charge in [0.1, 0.15) is 5.75 Å². The lowest BCUT2D eigenvalue weighted by molar-refractivity contribution is 0.0556. The van der Waals surface area contributed by atoms with Crippen molar-refractivity contribution in [2.75, 3.05) is 13.7 Å². The number of benzene rings is 2. The molecule has 3 heteroatoms. The standard InChI is InChI=1S/C19H14O3/c1-3-14-22-19(20)18-7-5-4-6-16(18)11-8-15-9-12-17(21-2)13-10-15/h1,4-7,9-10,12-13H,14H2,2H3. The quantitative estimate of drug-likeness (QED) is 0.644. The minimum Gasteiger partial charge on any atom is -0.497 e. The van der Waals surface area contributed by atoms with Gasteiger partial charge in [0, 0.05) is 11.1 Å². The lowest BCUT2D eigenvalue weighted by atomic mass is 10.1. The van der Waals surface area contributed by atoms with Crippen LogP contribution in [0.5, 0.6) is 5.75 Å². The van der Waals surface area contributed by atoms with E-state index in [2.05, 4.69) is 17.8 Å². The Bertz CT molecular complexity index is 756. The number of rotatable bonds is 3. The molecule has 0 aromatic heterocycles. The largest absolute Gasteiger partial charge is 0.497 e. The summed E-state index contributed by atoms with van der Waals surface area (Å²) in [6, 6.07) is 14.4. The maximum Gasteiger partial charge on any atom is 0.340 e. The lowest BCUT2D eigenvalue weighted by Gasteiger charge is -2.03. The molecule has 0 aliphatic rings. The van der Waals surface area contributed by atoms with Gasteiger partial charge in [0.2, 0.25) is 0 Å². The highest BCUT2D eigenvalue weighted by Gasteiger charge is 2.10. The number of ether oxygens (including phenoxy) is 2. The van der Waals surface area contributed by atoms with E-state index in [1.807, 2.05) is 30.3 Å². The summed E-state index contributed by atoms with van der Waals surface area (Å²) in [5.74, 6) is 8.55. The predicted molar refractivity (Wildman–Crippen MR) is 84.5 cm³/mol. The highest BCUT2D eigenvalue weighted by molar-refractivity contribution is 5.92. The van der Waals surface area contributed by atoms with Crippen LogP contribution in [0.2, 0.25) is 0 Å². The average molecular weight is 290 g/mol. The maximum atomic E-state index is 11.9. The van der Waals surface area contributed by atoms with Gasteiger partial charge in [-0.15, -0.1) is 6.42 Å². The highest BCUT2D eigenvalue weighted by atomic mass is 16.5. The average Bonchev–Trinajstić information content (AvgIpc) is 2.58. The SMILES string of the molecule is C#CCOC(=O)c1ccccc1C#Cc1ccc(OC)cc1. The van der Waals surface area contributed by atoms with Crippen LogP contribution < -0.4 is 4.74 Å². The van der Waals surface area contributed by atoms with E-state index in [0.29, 0.717) is 11.1 Å². The van der Waals surface area contributed by atoms with Crippen molar-refractivity contribution in [3.05, 3.63) is 65.2 Å². The predicted octanol–water partition coefficient (Wildman–Crippen LogP) is 2.89. The molecule has 0 spiro atoms. The molecule has 0 radical (unpaired) electrons. The molecule has 0 N–H and O–H groups in total. The third-order valence-corrected chi connectivity index (χ3v) is 2.87. The van der Waals surface area contributed by atoms with Crippen molar-refractivity contribution in [3.8, 4) is 29.9 Å². The first-order chi connectivity index (χ1) is 10.7. The molecule has 0 atom stereocenters. The van der Waals surface area contributed by atoms with E-state index in [4.69, 9.17) is 15.9 Å². The van der Waals surface area contributed by atoms with E-state index in [1.165, 1.54) is 0 Å². The molecule has 0 aliphatic carbocycles. The van der Waals surface area contributed by atoms with E-state index >= 15 is 0 Å². The van der Waals surface area contributed by atoms with E-state index < -0.39 is 5.97 Å². The number of carbonyl (C=O) groups excluding carboxylic acids is 1. The fourth-order valence-electron chi connectivity index (χ4n) is 1.77. The molecule has 0 bridgehead atoms. The van der Waals surface area contributed by atoms with E-state index in [1.54, 1.807) is 25.3 Å². The van der Waals surface area contributed by atoms with Gasteiger partial charge < -0.3 is 9.47 Å². The zero-order chi connectivity index (χ0) is 15.8. The van der Waals surface area contributed by atoms with Gasteiger partial charge in [-0.05, 0) is 36.4 Å². The van der Waals surface area contributed by atoms with Gasteiger partial charge in [-0.25, -0.2) is 4.79 Å². The van der Waals surface area contributed by atoms with Crippen molar-refractivity contribution in [2.24, 2.45) is 0 Å². The van der Waals surface area contributed by atoms with Crippen LogP contribution in [-0.2, 0) is 4.74 Å². The van der Waals surface area contributed by atoms with Crippen molar-refractivity contribution >= 4 is 5.97 Å². The number of carbonyl (C=O) groups is 1. The smallest absolute Gasteiger partial charge is 0.340 e. The van der Waals surface area contributed by atoms with Crippen LogP contribution in [0.1, 0.15) is 21.5 Å². The summed E-state index contributed by atoms with van der Waals surface area (Å²) in [6.07, 6.45) is 5.09. The van der Waals surface area contributed by atoms with E-state index in [-0.39, 0.29) is 6.61 Å². The van der Waals surface area contributed by atoms with Gasteiger partial charge in [0.25, 0.3) is 0 Å². The molecule has 2 rings (SSSR count). The normalized spacial score (nSPS) is 9.09. The molecule has 2 aromatic carbocycles. The summed E-state index contributed by atoms with van der Waals surface area (Å²) in [7, 11) is 1.61. The third-order valence-electron chi connectivity index (χ3n) is 2.87. The van der Waals surface area contributed by atoms with Gasteiger partial charge in [-0.2, -0.15) is 0 Å².